The number of fused-ring (bicyclic) bond motifs is 1. The largest absolute Gasteiger partial charge is 0.461 e. The van der Waals surface area contributed by atoms with Gasteiger partial charge in [-0.3, -0.25) is 0 Å². The summed E-state index contributed by atoms with van der Waals surface area (Å²) < 4.78 is 19.1. The Morgan fingerprint density at radius 2 is 2.14 bits per heavy atom. The van der Waals surface area contributed by atoms with Crippen molar-refractivity contribution in [2.75, 3.05) is 24.5 Å². The monoisotopic (exact) mass is 396 g/mol. The molecule has 0 radical (unpaired) electrons. The zero-order chi connectivity index (χ0) is 20.5. The number of nitrogens with one attached hydrogen (secondary N) is 1. The maximum atomic E-state index is 13.4. The molecule has 1 saturated heterocycles. The van der Waals surface area contributed by atoms with Crippen LogP contribution in [0.4, 0.5) is 14.9 Å². The summed E-state index contributed by atoms with van der Waals surface area (Å²) >= 11 is 0. The van der Waals surface area contributed by atoms with Gasteiger partial charge in [0.1, 0.15) is 11.3 Å². The van der Waals surface area contributed by atoms with Gasteiger partial charge in [0.05, 0.1) is 6.04 Å². The lowest BCUT2D eigenvalue weighted by Gasteiger charge is -2.41. The minimum atomic E-state index is -0.493. The first-order valence-corrected chi connectivity index (χ1v) is 9.85. The van der Waals surface area contributed by atoms with Crippen molar-refractivity contribution in [3.8, 4) is 0 Å². The van der Waals surface area contributed by atoms with Crippen LogP contribution in [0.15, 0.2) is 47.0 Å². The van der Waals surface area contributed by atoms with E-state index in [9.17, 15) is 9.18 Å². The van der Waals surface area contributed by atoms with Crippen LogP contribution in [0.5, 0.6) is 0 Å². The summed E-state index contributed by atoms with van der Waals surface area (Å²) in [7, 11) is 0. The minimum Gasteiger partial charge on any atom is -0.461 e. The molecular formula is C22H25FN4O2. The third-order valence-electron chi connectivity index (χ3n) is 5.49. The number of amides is 2. The first-order chi connectivity index (χ1) is 13.9. The third-order valence-corrected chi connectivity index (χ3v) is 5.49. The van der Waals surface area contributed by atoms with Gasteiger partial charge in [-0.15, -0.1) is 0 Å². The average Bonchev–Trinajstić information content (AvgIpc) is 3.07. The van der Waals surface area contributed by atoms with E-state index < -0.39 is 5.95 Å². The second-order valence-corrected chi connectivity index (χ2v) is 7.61. The van der Waals surface area contributed by atoms with Crippen molar-refractivity contribution in [1.82, 2.24) is 15.2 Å². The van der Waals surface area contributed by atoms with Gasteiger partial charge in [-0.2, -0.15) is 4.39 Å². The predicted molar refractivity (Wildman–Crippen MR) is 110 cm³/mol. The summed E-state index contributed by atoms with van der Waals surface area (Å²) in [6.07, 6.45) is 1.47. The van der Waals surface area contributed by atoms with Crippen LogP contribution in [0.25, 0.3) is 11.0 Å². The van der Waals surface area contributed by atoms with Crippen LogP contribution in [-0.4, -0.2) is 41.6 Å². The van der Waals surface area contributed by atoms with Crippen LogP contribution in [0.3, 0.4) is 0 Å². The van der Waals surface area contributed by atoms with Gasteiger partial charge in [-0.25, -0.2) is 9.78 Å². The van der Waals surface area contributed by atoms with Crippen LogP contribution in [0.1, 0.15) is 31.2 Å². The molecule has 0 saturated carbocycles. The van der Waals surface area contributed by atoms with Crippen molar-refractivity contribution in [1.29, 1.82) is 0 Å². The first-order valence-electron chi connectivity index (χ1n) is 9.85. The van der Waals surface area contributed by atoms with Gasteiger partial charge < -0.3 is 19.5 Å². The van der Waals surface area contributed by atoms with Gasteiger partial charge in [0.15, 0.2) is 0 Å². The SMILES string of the molecule is Cc1cc2c([C@@H](C)NC(=O)N3CCN(c4ccnc(F)c4)C[C@H]3C)cccc2o1. The Morgan fingerprint density at radius 1 is 1.31 bits per heavy atom. The summed E-state index contributed by atoms with van der Waals surface area (Å²) in [5.74, 6) is 0.357. The van der Waals surface area contributed by atoms with E-state index in [0.29, 0.717) is 19.6 Å². The van der Waals surface area contributed by atoms with Gasteiger partial charge in [-0.1, -0.05) is 12.1 Å². The molecule has 1 aliphatic heterocycles. The lowest BCUT2D eigenvalue weighted by Crippen LogP contribution is -2.56. The summed E-state index contributed by atoms with van der Waals surface area (Å²) in [6, 6.07) is 10.9. The molecule has 152 valence electrons. The highest BCUT2D eigenvalue weighted by molar-refractivity contribution is 5.83. The Hall–Kier alpha value is -3.09. The molecule has 2 atom stereocenters. The maximum absolute atomic E-state index is 13.4. The van der Waals surface area contributed by atoms with E-state index in [2.05, 4.69) is 15.2 Å². The van der Waals surface area contributed by atoms with E-state index in [4.69, 9.17) is 4.42 Å². The highest BCUT2D eigenvalue weighted by atomic mass is 19.1. The normalized spacial score (nSPS) is 18.1. The zero-order valence-electron chi connectivity index (χ0n) is 16.9. The molecule has 2 amide bonds. The van der Waals surface area contributed by atoms with E-state index in [1.165, 1.54) is 12.3 Å². The van der Waals surface area contributed by atoms with E-state index in [1.807, 2.05) is 49.9 Å². The van der Waals surface area contributed by atoms with Gasteiger partial charge >= 0.3 is 6.03 Å². The summed E-state index contributed by atoms with van der Waals surface area (Å²) in [5.41, 5.74) is 2.65. The Kier molecular flexibility index (Phi) is 5.13. The van der Waals surface area contributed by atoms with Crippen LogP contribution < -0.4 is 10.2 Å². The first kappa shape index (κ1) is 19.2. The molecule has 0 spiro atoms. The summed E-state index contributed by atoms with van der Waals surface area (Å²) in [4.78, 5) is 20.5. The molecule has 1 N–H and O–H groups in total. The third kappa shape index (κ3) is 3.90. The van der Waals surface area contributed by atoms with Crippen LogP contribution in [-0.2, 0) is 0 Å². The number of halogens is 1. The number of urea groups is 1. The number of furan rings is 1. The number of piperazine rings is 1. The molecule has 4 rings (SSSR count). The fourth-order valence-corrected chi connectivity index (χ4v) is 4.02. The van der Waals surface area contributed by atoms with Crippen LogP contribution in [0.2, 0.25) is 0 Å². The fraction of sp³-hybridized carbons (Fsp3) is 0.364. The smallest absolute Gasteiger partial charge is 0.318 e. The standard InChI is InChI=1S/C22H25FN4O2/c1-14-13-26(17-7-8-24-21(23)12-17)9-10-27(14)22(28)25-16(3)18-5-4-6-20-19(18)11-15(2)29-20/h4-8,11-12,14,16H,9-10,13H2,1-3H3,(H,25,28)/t14-,16-/m1/s1. The molecule has 1 aliphatic rings. The van der Waals surface area contributed by atoms with Crippen LogP contribution in [0, 0.1) is 12.9 Å². The lowest BCUT2D eigenvalue weighted by atomic mass is 10.0. The number of aryl methyl sites for hydroxylation is 1. The number of pyridine rings is 1. The maximum Gasteiger partial charge on any atom is 0.318 e. The van der Waals surface area contributed by atoms with Crippen molar-refractivity contribution in [2.45, 2.75) is 32.9 Å². The number of hydrogen-bond donors (Lipinski definition) is 1. The Labute approximate surface area is 169 Å². The molecule has 3 heterocycles. The lowest BCUT2D eigenvalue weighted by molar-refractivity contribution is 0.168. The number of nitrogens with zero attached hydrogens (tertiary/aromatic N) is 3. The molecule has 1 aromatic carbocycles. The topological polar surface area (TPSA) is 61.6 Å². The molecule has 0 unspecified atom stereocenters. The van der Waals surface area contributed by atoms with Gasteiger partial charge in [0.25, 0.3) is 0 Å². The highest BCUT2D eigenvalue weighted by Gasteiger charge is 2.29. The zero-order valence-corrected chi connectivity index (χ0v) is 16.9. The van der Waals surface area contributed by atoms with E-state index in [0.717, 1.165) is 28.0 Å². The van der Waals surface area contributed by atoms with E-state index >= 15 is 0 Å². The van der Waals surface area contributed by atoms with Crippen molar-refractivity contribution in [2.24, 2.45) is 0 Å². The van der Waals surface area contributed by atoms with Crippen molar-refractivity contribution in [3.05, 3.63) is 59.9 Å². The van der Waals surface area contributed by atoms with Gasteiger partial charge in [-0.05, 0) is 44.5 Å². The summed E-state index contributed by atoms with van der Waals surface area (Å²) in [5, 5.41) is 4.14. The van der Waals surface area contributed by atoms with Crippen LogP contribution >= 0.6 is 0 Å². The van der Waals surface area contributed by atoms with E-state index in [-0.39, 0.29) is 18.1 Å². The van der Waals surface area contributed by atoms with Gasteiger partial charge in [0, 0.05) is 49.0 Å². The number of benzene rings is 1. The number of carbonyl (C=O) groups excluding carboxylic acids is 1. The number of aromatic nitrogens is 1. The minimum absolute atomic E-state index is 0.000798. The number of anilines is 1. The highest BCUT2D eigenvalue weighted by Crippen LogP contribution is 2.27. The molecular weight excluding hydrogens is 371 g/mol. The quantitative estimate of drug-likeness (QED) is 0.672. The number of hydrogen-bond acceptors (Lipinski definition) is 4. The summed E-state index contributed by atoms with van der Waals surface area (Å²) in [6.45, 7) is 7.76. The Bertz CT molecular complexity index is 1030. The second-order valence-electron chi connectivity index (χ2n) is 7.61. The molecule has 1 fully saturated rings. The Morgan fingerprint density at radius 3 is 2.90 bits per heavy atom. The van der Waals surface area contributed by atoms with Gasteiger partial charge in [0.2, 0.25) is 5.95 Å². The molecule has 0 bridgehead atoms. The van der Waals surface area contributed by atoms with E-state index in [1.54, 1.807) is 6.07 Å². The molecule has 2 aromatic heterocycles. The predicted octanol–water partition coefficient (Wildman–Crippen LogP) is 4.26. The Balaban J connectivity index is 1.43. The van der Waals surface area contributed by atoms with Crippen molar-refractivity contribution < 1.29 is 13.6 Å². The number of carbonyl (C=O) groups is 1. The molecule has 29 heavy (non-hydrogen) atoms. The van der Waals surface area contributed by atoms with Crippen molar-refractivity contribution in [3.63, 3.8) is 0 Å². The molecule has 3 aromatic rings. The average molecular weight is 396 g/mol. The molecule has 7 heteroatoms. The fourth-order valence-electron chi connectivity index (χ4n) is 4.02. The second kappa shape index (κ2) is 7.73. The van der Waals surface area contributed by atoms with Crippen molar-refractivity contribution >= 4 is 22.7 Å². The molecule has 0 aliphatic carbocycles. The number of rotatable bonds is 3. The molecule has 6 nitrogen and oxygen atoms in total.